The summed E-state index contributed by atoms with van der Waals surface area (Å²) >= 11 is 5.46. The van der Waals surface area contributed by atoms with Gasteiger partial charge in [-0.1, -0.05) is 0 Å². The summed E-state index contributed by atoms with van der Waals surface area (Å²) in [4.78, 5) is 14.3. The predicted octanol–water partition coefficient (Wildman–Crippen LogP) is 2.88. The van der Waals surface area contributed by atoms with Gasteiger partial charge >= 0.3 is 0 Å². The van der Waals surface area contributed by atoms with Crippen molar-refractivity contribution >= 4 is 17.9 Å². The lowest BCUT2D eigenvalue weighted by molar-refractivity contribution is 0.112. The minimum absolute atomic E-state index is 0.0837. The molecule has 0 radical (unpaired) electrons. The Morgan fingerprint density at radius 1 is 1.64 bits per heavy atom. The average Bonchev–Trinajstić information content (AvgIpc) is 2.16. The van der Waals surface area contributed by atoms with Crippen molar-refractivity contribution in [1.29, 1.82) is 0 Å². The van der Waals surface area contributed by atoms with E-state index in [9.17, 15) is 13.6 Å². The Kier molecular flexibility index (Phi) is 3.52. The normalized spacial score (nSPS) is 10.6. The van der Waals surface area contributed by atoms with Crippen molar-refractivity contribution in [2.24, 2.45) is 0 Å². The molecule has 0 aliphatic carbocycles. The summed E-state index contributed by atoms with van der Waals surface area (Å²) < 4.78 is 24.9. The van der Waals surface area contributed by atoms with E-state index in [1.165, 1.54) is 0 Å². The highest BCUT2D eigenvalue weighted by atomic mass is 35.5. The van der Waals surface area contributed by atoms with Crippen molar-refractivity contribution in [3.8, 4) is 0 Å². The van der Waals surface area contributed by atoms with Crippen LogP contribution < -0.4 is 0 Å². The molecular weight excluding hydrogens is 212 g/mol. The molecule has 0 spiro atoms. The smallest absolute Gasteiger partial charge is 0.265 e. The largest absolute Gasteiger partial charge is 0.298 e. The van der Waals surface area contributed by atoms with Crippen LogP contribution in [0.15, 0.2) is 6.07 Å². The fourth-order valence-corrected chi connectivity index (χ4v) is 1.32. The zero-order valence-electron chi connectivity index (χ0n) is 7.43. The molecule has 0 saturated heterocycles. The van der Waals surface area contributed by atoms with Gasteiger partial charge in [-0.2, -0.15) is 0 Å². The SMILES string of the molecule is Cc1nc(CCl)c(C(F)F)cc1C=O. The number of carbonyl (C=O) groups excluding carboxylic acids is 1. The quantitative estimate of drug-likeness (QED) is 0.578. The number of rotatable bonds is 3. The first-order valence-corrected chi connectivity index (χ1v) is 4.43. The van der Waals surface area contributed by atoms with E-state index >= 15 is 0 Å². The third kappa shape index (κ3) is 2.07. The predicted molar refractivity (Wildman–Crippen MR) is 48.9 cm³/mol. The van der Waals surface area contributed by atoms with Gasteiger partial charge < -0.3 is 0 Å². The van der Waals surface area contributed by atoms with Crippen LogP contribution in [-0.2, 0) is 5.88 Å². The first-order chi connectivity index (χ1) is 6.60. The van der Waals surface area contributed by atoms with Crippen LogP contribution in [0.25, 0.3) is 0 Å². The number of alkyl halides is 3. The Morgan fingerprint density at radius 2 is 2.29 bits per heavy atom. The lowest BCUT2D eigenvalue weighted by atomic mass is 10.1. The monoisotopic (exact) mass is 219 g/mol. The molecule has 0 aliphatic rings. The summed E-state index contributed by atoms with van der Waals surface area (Å²) in [6.45, 7) is 1.58. The van der Waals surface area contributed by atoms with E-state index in [2.05, 4.69) is 4.98 Å². The third-order valence-corrected chi connectivity index (χ3v) is 2.11. The molecule has 2 nitrogen and oxygen atoms in total. The van der Waals surface area contributed by atoms with Crippen LogP contribution >= 0.6 is 11.6 Å². The van der Waals surface area contributed by atoms with Gasteiger partial charge in [0.1, 0.15) is 0 Å². The molecule has 0 atom stereocenters. The van der Waals surface area contributed by atoms with E-state index in [-0.39, 0.29) is 22.7 Å². The first kappa shape index (κ1) is 11.0. The molecular formula is C9H8ClF2NO. The minimum atomic E-state index is -2.66. The standard InChI is InChI=1S/C9H8ClF2NO/c1-5-6(4-14)2-7(9(11)12)8(3-10)13-5/h2,4,9H,3H2,1H3. The van der Waals surface area contributed by atoms with Crippen LogP contribution in [0.2, 0.25) is 0 Å². The van der Waals surface area contributed by atoms with Gasteiger partial charge in [-0.15, -0.1) is 11.6 Å². The second kappa shape index (κ2) is 4.46. The van der Waals surface area contributed by atoms with Gasteiger partial charge in [0, 0.05) is 16.8 Å². The van der Waals surface area contributed by atoms with Gasteiger partial charge in [-0.25, -0.2) is 8.78 Å². The van der Waals surface area contributed by atoms with Gasteiger partial charge in [-0.05, 0) is 13.0 Å². The molecule has 5 heteroatoms. The summed E-state index contributed by atoms with van der Waals surface area (Å²) in [6.07, 6.45) is -2.15. The second-order valence-corrected chi connectivity index (χ2v) is 3.02. The number of aldehydes is 1. The second-order valence-electron chi connectivity index (χ2n) is 2.75. The van der Waals surface area contributed by atoms with Gasteiger partial charge in [0.2, 0.25) is 0 Å². The van der Waals surface area contributed by atoms with Crippen molar-refractivity contribution in [1.82, 2.24) is 4.98 Å². The fourth-order valence-electron chi connectivity index (χ4n) is 1.10. The van der Waals surface area contributed by atoms with Crippen molar-refractivity contribution in [2.45, 2.75) is 19.2 Å². The topological polar surface area (TPSA) is 30.0 Å². The maximum Gasteiger partial charge on any atom is 0.265 e. The van der Waals surface area contributed by atoms with Crippen molar-refractivity contribution in [3.63, 3.8) is 0 Å². The van der Waals surface area contributed by atoms with Crippen molar-refractivity contribution < 1.29 is 13.6 Å². The summed E-state index contributed by atoms with van der Waals surface area (Å²) in [6, 6.07) is 1.14. The molecule has 0 unspecified atom stereocenters. The van der Waals surface area contributed by atoms with Crippen LogP contribution in [0.4, 0.5) is 8.78 Å². The Balaban J connectivity index is 3.32. The van der Waals surface area contributed by atoms with E-state index in [1.807, 2.05) is 0 Å². The molecule has 0 fully saturated rings. The Labute approximate surface area is 84.9 Å². The van der Waals surface area contributed by atoms with Gasteiger partial charge in [0.15, 0.2) is 6.29 Å². The van der Waals surface area contributed by atoms with Gasteiger partial charge in [-0.3, -0.25) is 9.78 Å². The molecule has 1 heterocycles. The highest BCUT2D eigenvalue weighted by Gasteiger charge is 2.15. The lowest BCUT2D eigenvalue weighted by Gasteiger charge is -2.07. The Bertz CT molecular complexity index is 355. The van der Waals surface area contributed by atoms with E-state index in [0.717, 1.165) is 6.07 Å². The number of aryl methyl sites for hydroxylation is 1. The van der Waals surface area contributed by atoms with E-state index in [0.29, 0.717) is 12.0 Å². The van der Waals surface area contributed by atoms with Crippen LogP contribution in [0.3, 0.4) is 0 Å². The zero-order valence-corrected chi connectivity index (χ0v) is 8.18. The molecule has 0 saturated carbocycles. The fraction of sp³-hybridized carbons (Fsp3) is 0.333. The van der Waals surface area contributed by atoms with Crippen LogP contribution in [-0.4, -0.2) is 11.3 Å². The van der Waals surface area contributed by atoms with Gasteiger partial charge in [0.05, 0.1) is 11.6 Å². The number of hydrogen-bond acceptors (Lipinski definition) is 2. The van der Waals surface area contributed by atoms with Crippen molar-refractivity contribution in [2.75, 3.05) is 0 Å². The molecule has 0 bridgehead atoms. The maximum atomic E-state index is 12.4. The number of carbonyl (C=O) groups is 1. The Hall–Kier alpha value is -1.03. The van der Waals surface area contributed by atoms with E-state index in [1.54, 1.807) is 6.92 Å². The van der Waals surface area contributed by atoms with Gasteiger partial charge in [0.25, 0.3) is 6.43 Å². The van der Waals surface area contributed by atoms with Crippen LogP contribution in [0.1, 0.15) is 33.7 Å². The molecule has 14 heavy (non-hydrogen) atoms. The number of aromatic nitrogens is 1. The summed E-state index contributed by atoms with van der Waals surface area (Å²) in [5.41, 5.74) is 0.451. The summed E-state index contributed by atoms with van der Waals surface area (Å²) in [5.74, 6) is -0.0837. The Morgan fingerprint density at radius 3 is 2.71 bits per heavy atom. The summed E-state index contributed by atoms with van der Waals surface area (Å²) in [5, 5.41) is 0. The maximum absolute atomic E-state index is 12.4. The lowest BCUT2D eigenvalue weighted by Crippen LogP contribution is -2.02. The number of halogens is 3. The highest BCUT2D eigenvalue weighted by Crippen LogP contribution is 2.24. The molecule has 1 aromatic heterocycles. The molecule has 76 valence electrons. The number of nitrogens with zero attached hydrogens (tertiary/aromatic N) is 1. The molecule has 1 aromatic rings. The van der Waals surface area contributed by atoms with Crippen LogP contribution in [0.5, 0.6) is 0 Å². The van der Waals surface area contributed by atoms with Crippen molar-refractivity contribution in [3.05, 3.63) is 28.6 Å². The minimum Gasteiger partial charge on any atom is -0.298 e. The molecule has 0 amide bonds. The average molecular weight is 220 g/mol. The molecule has 1 rings (SSSR count). The third-order valence-electron chi connectivity index (χ3n) is 1.85. The van der Waals surface area contributed by atoms with E-state index in [4.69, 9.17) is 11.6 Å². The first-order valence-electron chi connectivity index (χ1n) is 3.89. The number of hydrogen-bond donors (Lipinski definition) is 0. The highest BCUT2D eigenvalue weighted by molar-refractivity contribution is 6.17. The molecule has 0 aromatic carbocycles. The van der Waals surface area contributed by atoms with Crippen LogP contribution in [0, 0.1) is 6.92 Å². The van der Waals surface area contributed by atoms with E-state index < -0.39 is 6.43 Å². The zero-order chi connectivity index (χ0) is 10.7. The number of pyridine rings is 1. The molecule has 0 N–H and O–H groups in total. The molecule has 0 aliphatic heterocycles. The summed E-state index contributed by atoms with van der Waals surface area (Å²) in [7, 11) is 0.